The zero-order chi connectivity index (χ0) is 83.8. The number of furan rings is 1. The number of hydrogen-bond acceptors (Lipinski definition) is 7. The first-order chi connectivity index (χ1) is 63.0. The van der Waals surface area contributed by atoms with Gasteiger partial charge in [-0.1, -0.05) is 285 Å². The van der Waals surface area contributed by atoms with Crippen molar-refractivity contribution in [2.24, 2.45) is 0 Å². The van der Waals surface area contributed by atoms with Crippen LogP contribution in [-0.4, -0.2) is 0 Å². The Morgan fingerprint density at radius 1 is 0.142 bits per heavy atom. The Hall–Kier alpha value is -17.0. The van der Waals surface area contributed by atoms with E-state index in [0.717, 1.165) is 163 Å². The third-order valence-electron chi connectivity index (χ3n) is 25.2. The van der Waals surface area contributed by atoms with Gasteiger partial charge in [-0.25, -0.2) is 0 Å². The number of hydrogen-bond donors (Lipinski definition) is 0. The van der Waals surface area contributed by atoms with E-state index in [2.05, 4.69) is 493 Å². The summed E-state index contributed by atoms with van der Waals surface area (Å²) in [6.45, 7) is 0. The molecule has 25 rings (SSSR count). The van der Waals surface area contributed by atoms with E-state index >= 15 is 0 Å². The predicted molar refractivity (Wildman–Crippen MR) is 531 cm³/mol. The molecule has 7 heteroatoms. The molecule has 596 valence electrons. The first-order valence-corrected chi connectivity index (χ1v) is 43.3. The first-order valence-electron chi connectivity index (χ1n) is 43.3. The van der Waals surface area contributed by atoms with Crippen molar-refractivity contribution in [2.45, 2.75) is 0 Å². The molecular weight excluding hydrogens is 1550 g/mol. The molecule has 0 spiro atoms. The highest BCUT2D eigenvalue weighted by Gasteiger charge is 2.30. The fourth-order valence-electron chi connectivity index (χ4n) is 19.5. The van der Waals surface area contributed by atoms with Crippen LogP contribution in [0.25, 0.3) is 142 Å². The van der Waals surface area contributed by atoms with Gasteiger partial charge in [0.15, 0.2) is 5.58 Å². The van der Waals surface area contributed by atoms with Gasteiger partial charge in [0.25, 0.3) is 0 Å². The molecule has 0 saturated carbocycles. The number of anilines is 12. The maximum Gasteiger partial charge on any atom is 0.159 e. The van der Waals surface area contributed by atoms with Gasteiger partial charge in [-0.3, -0.25) is 0 Å². The molecule has 1 aromatic heterocycles. The minimum absolute atomic E-state index is 0.824. The van der Waals surface area contributed by atoms with E-state index in [-0.39, 0.29) is 0 Å². The van der Waals surface area contributed by atoms with Crippen molar-refractivity contribution in [1.82, 2.24) is 0 Å². The number of benzene rings is 22. The van der Waals surface area contributed by atoms with Crippen molar-refractivity contribution in [3.8, 4) is 78.6 Å². The van der Waals surface area contributed by atoms with Gasteiger partial charge in [-0.05, 0) is 275 Å². The summed E-state index contributed by atoms with van der Waals surface area (Å²) in [5.74, 6) is 3.43. The molecule has 0 aliphatic carbocycles. The van der Waals surface area contributed by atoms with Crippen molar-refractivity contribution in [2.75, 3.05) is 19.6 Å². The summed E-state index contributed by atoms with van der Waals surface area (Å²) in [7, 11) is 0. The van der Waals surface area contributed by atoms with E-state index in [1.54, 1.807) is 0 Å². The lowest BCUT2D eigenvalue weighted by Crippen LogP contribution is -2.10. The first kappa shape index (κ1) is 73.9. The second-order valence-electron chi connectivity index (χ2n) is 32.5. The van der Waals surface area contributed by atoms with Gasteiger partial charge in [0.1, 0.15) is 28.6 Å². The van der Waals surface area contributed by atoms with Crippen LogP contribution in [0.3, 0.4) is 0 Å². The van der Waals surface area contributed by atoms with Gasteiger partial charge >= 0.3 is 0 Å². The molecular formula is C120H78N4O3. The summed E-state index contributed by atoms with van der Waals surface area (Å²) in [6, 6.07) is 169. The third-order valence-corrected chi connectivity index (χ3v) is 25.2. The van der Waals surface area contributed by atoms with Crippen molar-refractivity contribution >= 4 is 155 Å². The number of nitrogens with zero attached hydrogens (tertiary/aromatic N) is 4. The third kappa shape index (κ3) is 12.9. The Bertz CT molecular complexity index is 8010. The van der Waals surface area contributed by atoms with Crippen LogP contribution >= 0.6 is 0 Å². The van der Waals surface area contributed by atoms with E-state index in [4.69, 9.17) is 13.9 Å². The van der Waals surface area contributed by atoms with Crippen LogP contribution in [0.15, 0.2) is 478 Å². The minimum Gasteiger partial charge on any atom is -0.456 e. The van der Waals surface area contributed by atoms with Crippen LogP contribution in [0.4, 0.5) is 68.2 Å². The van der Waals surface area contributed by atoms with Gasteiger partial charge in [0.2, 0.25) is 0 Å². The Kier molecular flexibility index (Phi) is 18.1. The lowest BCUT2D eigenvalue weighted by molar-refractivity contribution is 0.487. The topological polar surface area (TPSA) is 44.6 Å². The van der Waals surface area contributed by atoms with Crippen molar-refractivity contribution in [1.29, 1.82) is 0 Å². The summed E-state index contributed by atoms with van der Waals surface area (Å²) < 4.78 is 20.8. The summed E-state index contributed by atoms with van der Waals surface area (Å²) in [6.07, 6.45) is 0. The van der Waals surface area contributed by atoms with Crippen molar-refractivity contribution in [3.05, 3.63) is 473 Å². The number of fused-ring (bicyclic) bond motifs is 15. The Labute approximate surface area is 735 Å². The Morgan fingerprint density at radius 3 is 0.921 bits per heavy atom. The highest BCUT2D eigenvalue weighted by atomic mass is 16.5. The summed E-state index contributed by atoms with van der Waals surface area (Å²) >= 11 is 0. The van der Waals surface area contributed by atoms with E-state index < -0.39 is 0 Å². The van der Waals surface area contributed by atoms with Crippen LogP contribution in [0.1, 0.15) is 0 Å². The monoisotopic (exact) mass is 1620 g/mol. The molecule has 22 aromatic carbocycles. The molecule has 0 unspecified atom stereocenters. The van der Waals surface area contributed by atoms with Crippen LogP contribution < -0.4 is 29.1 Å². The van der Waals surface area contributed by atoms with Crippen LogP contribution in [0.5, 0.6) is 23.0 Å². The quantitative estimate of drug-likeness (QED) is 0.0948. The zero-order valence-corrected chi connectivity index (χ0v) is 69.0. The second kappa shape index (κ2) is 31.2. The van der Waals surface area contributed by atoms with E-state index in [0.29, 0.717) is 0 Å². The summed E-state index contributed by atoms with van der Waals surface area (Å²) in [4.78, 5) is 9.24. The number of rotatable bonds is 15. The smallest absolute Gasteiger partial charge is 0.159 e. The number of ether oxygens (including phenoxy) is 2. The molecule has 0 bridgehead atoms. The SMILES string of the molecule is c1ccc(N(c2ccccc2)c2cc3c4cccc5c4c(cc3c3ccccc23)-c2ccc(-c3cccc4c3oc3c(N(c6ccccc6)c6ccccc6)cccc34)cc2O5)cc1.c1ccc(N(c2ccccc2)c2ccc(-c3ccc4c(c3)Oc3cccc5c3c-4cc3c4ccccc4c(-c4ccc(N(c6ccccc6)c6ccccc6)cc4)cc53)cc2)cc1. The van der Waals surface area contributed by atoms with Crippen LogP contribution in [0, 0.1) is 0 Å². The zero-order valence-electron chi connectivity index (χ0n) is 69.0. The second-order valence-corrected chi connectivity index (χ2v) is 32.5. The molecule has 2 aliphatic rings. The molecule has 0 saturated heterocycles. The normalized spacial score (nSPS) is 11.7. The molecule has 2 aliphatic heterocycles. The largest absolute Gasteiger partial charge is 0.456 e. The molecule has 0 fully saturated rings. The Morgan fingerprint density at radius 2 is 0.457 bits per heavy atom. The summed E-state index contributed by atoms with van der Waals surface area (Å²) in [5.41, 5.74) is 26.0. The van der Waals surface area contributed by atoms with E-state index in [1.807, 2.05) is 0 Å². The maximum atomic E-state index is 7.03. The fraction of sp³-hybridized carbons (Fsp3) is 0. The molecule has 0 atom stereocenters. The van der Waals surface area contributed by atoms with Gasteiger partial charge < -0.3 is 33.5 Å². The standard InChI is InChI=1S/C60H38N2O2.C60H40N2O/c1-5-18-40(19-6-1)61(41-20-7-2-8-21-41)54-32-16-31-50-49-30-15-28-44(59(49)64-60(50)54)39-34-35-47-53-37-51-45-26-13-14-27-46(45)55(62(42-22-9-3-10-23-42)43-24-11-4-12-25-43)38-52(51)48-29-17-33-56(58(48)53)63-57(47)36-39;1-5-16-44(17-6-1)61(45-18-7-2-8-19-45)48-33-28-41(29-34-48)43-32-37-52-57-40-55-51-25-14-13-24-50(51)54(39-56(55)53-26-15-27-58(60(53)57)63-59(52)38-43)42-30-35-49(36-31-42)62(46-20-9-3-10-21-46)47-22-11-4-12-23-47/h1-38H;1-40H. The lowest BCUT2D eigenvalue weighted by Gasteiger charge is -2.28. The molecule has 0 N–H and O–H groups in total. The van der Waals surface area contributed by atoms with Gasteiger partial charge in [0, 0.05) is 100 Å². The molecule has 3 heterocycles. The highest BCUT2D eigenvalue weighted by molar-refractivity contribution is 6.28. The number of para-hydroxylation sites is 10. The average molecular weight is 1620 g/mol. The van der Waals surface area contributed by atoms with Crippen molar-refractivity contribution < 1.29 is 13.9 Å². The predicted octanol–water partition coefficient (Wildman–Crippen LogP) is 34.6. The molecule has 0 amide bonds. The fourth-order valence-corrected chi connectivity index (χ4v) is 19.5. The van der Waals surface area contributed by atoms with Gasteiger partial charge in [-0.2, -0.15) is 0 Å². The molecule has 7 nitrogen and oxygen atoms in total. The van der Waals surface area contributed by atoms with Gasteiger partial charge in [0.05, 0.1) is 11.4 Å². The van der Waals surface area contributed by atoms with E-state index in [1.165, 1.54) is 70.7 Å². The molecule has 127 heavy (non-hydrogen) atoms. The Balaban J connectivity index is 0.000000142. The lowest BCUT2D eigenvalue weighted by atomic mass is 9.86. The van der Waals surface area contributed by atoms with Crippen LogP contribution in [-0.2, 0) is 0 Å². The summed E-state index contributed by atoms with van der Waals surface area (Å²) in [5, 5.41) is 16.5. The van der Waals surface area contributed by atoms with Gasteiger partial charge in [-0.15, -0.1) is 0 Å². The average Bonchev–Trinajstić information content (AvgIpc) is 1.10. The minimum atomic E-state index is 0.824. The highest BCUT2D eigenvalue weighted by Crippen LogP contribution is 2.56. The van der Waals surface area contributed by atoms with Crippen molar-refractivity contribution in [3.63, 3.8) is 0 Å². The molecule has 23 aromatic rings. The van der Waals surface area contributed by atoms with Crippen LogP contribution in [0.2, 0.25) is 0 Å². The maximum absolute atomic E-state index is 7.03. The van der Waals surface area contributed by atoms with E-state index in [9.17, 15) is 0 Å². The molecule has 0 radical (unpaired) electrons.